The van der Waals surface area contributed by atoms with Crippen LogP contribution in [0.1, 0.15) is 45.1 Å². The van der Waals surface area contributed by atoms with Crippen molar-refractivity contribution in [2.24, 2.45) is 11.7 Å². The fraction of sp³-hybridized carbons (Fsp3) is 0.600. The second-order valence-corrected chi connectivity index (χ2v) is 4.99. The zero-order chi connectivity index (χ0) is 12.7. The third kappa shape index (κ3) is 4.78. The summed E-state index contributed by atoms with van der Waals surface area (Å²) >= 11 is 0. The molecule has 0 aliphatic carbocycles. The van der Waals surface area contributed by atoms with Gasteiger partial charge in [0.05, 0.1) is 0 Å². The van der Waals surface area contributed by atoms with Crippen molar-refractivity contribution < 1.29 is 0 Å². The molecule has 0 aromatic heterocycles. The molecule has 2 nitrogen and oxygen atoms in total. The van der Waals surface area contributed by atoms with Crippen molar-refractivity contribution in [2.75, 3.05) is 18.4 Å². The van der Waals surface area contributed by atoms with Gasteiger partial charge in [-0.05, 0) is 48.9 Å². The van der Waals surface area contributed by atoms with Crippen LogP contribution in [-0.4, -0.2) is 13.1 Å². The SMILES string of the molecule is CCC(C)c1ccc(NCC(C)CCN)cc1. The van der Waals surface area contributed by atoms with Gasteiger partial charge in [-0.1, -0.05) is 32.9 Å². The van der Waals surface area contributed by atoms with Crippen LogP contribution in [0, 0.1) is 5.92 Å². The van der Waals surface area contributed by atoms with E-state index in [0.29, 0.717) is 11.8 Å². The number of benzene rings is 1. The summed E-state index contributed by atoms with van der Waals surface area (Å²) in [5.74, 6) is 1.29. The van der Waals surface area contributed by atoms with Crippen LogP contribution < -0.4 is 11.1 Å². The molecule has 2 atom stereocenters. The highest BCUT2D eigenvalue weighted by atomic mass is 14.9. The third-order valence-electron chi connectivity index (χ3n) is 3.41. The Morgan fingerprint density at radius 2 is 1.82 bits per heavy atom. The van der Waals surface area contributed by atoms with E-state index in [1.165, 1.54) is 17.7 Å². The summed E-state index contributed by atoms with van der Waals surface area (Å²) in [5, 5.41) is 3.46. The van der Waals surface area contributed by atoms with Crippen LogP contribution in [0.4, 0.5) is 5.69 Å². The molecule has 1 rings (SSSR count). The molecule has 1 aromatic rings. The first-order chi connectivity index (χ1) is 8.17. The van der Waals surface area contributed by atoms with E-state index < -0.39 is 0 Å². The second-order valence-electron chi connectivity index (χ2n) is 4.99. The summed E-state index contributed by atoms with van der Waals surface area (Å²) in [4.78, 5) is 0. The summed E-state index contributed by atoms with van der Waals surface area (Å²) in [6.07, 6.45) is 2.28. The highest BCUT2D eigenvalue weighted by molar-refractivity contribution is 5.45. The number of nitrogens with two attached hydrogens (primary N) is 1. The molecule has 0 heterocycles. The maximum absolute atomic E-state index is 5.54. The van der Waals surface area contributed by atoms with Crippen LogP contribution in [0.3, 0.4) is 0 Å². The predicted molar refractivity (Wildman–Crippen MR) is 76.5 cm³/mol. The van der Waals surface area contributed by atoms with Gasteiger partial charge in [-0.25, -0.2) is 0 Å². The van der Waals surface area contributed by atoms with E-state index in [9.17, 15) is 0 Å². The molecule has 2 heteroatoms. The molecule has 0 radical (unpaired) electrons. The highest BCUT2D eigenvalue weighted by Gasteiger charge is 2.03. The van der Waals surface area contributed by atoms with Gasteiger partial charge in [-0.2, -0.15) is 0 Å². The van der Waals surface area contributed by atoms with Crippen molar-refractivity contribution >= 4 is 5.69 Å². The third-order valence-corrected chi connectivity index (χ3v) is 3.41. The van der Waals surface area contributed by atoms with Crippen LogP contribution in [0.2, 0.25) is 0 Å². The van der Waals surface area contributed by atoms with Crippen LogP contribution in [0.5, 0.6) is 0 Å². The first-order valence-corrected chi connectivity index (χ1v) is 6.71. The molecule has 0 fully saturated rings. The molecular formula is C15H26N2. The molecule has 3 N–H and O–H groups in total. The quantitative estimate of drug-likeness (QED) is 0.756. The first-order valence-electron chi connectivity index (χ1n) is 6.71. The van der Waals surface area contributed by atoms with Gasteiger partial charge in [-0.3, -0.25) is 0 Å². The number of anilines is 1. The fourth-order valence-corrected chi connectivity index (χ4v) is 1.84. The number of nitrogens with one attached hydrogen (secondary N) is 1. The average molecular weight is 234 g/mol. The van der Waals surface area contributed by atoms with Crippen molar-refractivity contribution in [1.82, 2.24) is 0 Å². The maximum atomic E-state index is 5.54. The molecule has 0 spiro atoms. The van der Waals surface area contributed by atoms with E-state index in [-0.39, 0.29) is 0 Å². The first kappa shape index (κ1) is 14.0. The van der Waals surface area contributed by atoms with E-state index in [4.69, 9.17) is 5.73 Å². The highest BCUT2D eigenvalue weighted by Crippen LogP contribution is 2.20. The van der Waals surface area contributed by atoms with Crippen molar-refractivity contribution in [3.8, 4) is 0 Å². The lowest BCUT2D eigenvalue weighted by Gasteiger charge is -2.14. The number of hydrogen-bond donors (Lipinski definition) is 2. The Morgan fingerprint density at radius 1 is 1.18 bits per heavy atom. The maximum Gasteiger partial charge on any atom is 0.0340 e. The molecule has 96 valence electrons. The lowest BCUT2D eigenvalue weighted by molar-refractivity contribution is 0.568. The van der Waals surface area contributed by atoms with Gasteiger partial charge in [0.1, 0.15) is 0 Å². The Hall–Kier alpha value is -1.02. The molecule has 0 bridgehead atoms. The topological polar surface area (TPSA) is 38.0 Å². The summed E-state index contributed by atoms with van der Waals surface area (Å²) in [6.45, 7) is 8.50. The van der Waals surface area contributed by atoms with Crippen LogP contribution in [-0.2, 0) is 0 Å². The standard InChI is InChI=1S/C15H26N2/c1-4-13(3)14-5-7-15(8-6-14)17-11-12(2)9-10-16/h5-8,12-13,17H,4,9-11,16H2,1-3H3. The second kappa shape index (κ2) is 7.33. The van der Waals surface area contributed by atoms with Crippen molar-refractivity contribution in [3.05, 3.63) is 29.8 Å². The van der Waals surface area contributed by atoms with Crippen molar-refractivity contribution in [2.45, 2.75) is 39.5 Å². The predicted octanol–water partition coefficient (Wildman–Crippen LogP) is 3.60. The molecule has 2 unspecified atom stereocenters. The van der Waals surface area contributed by atoms with E-state index >= 15 is 0 Å². The lowest BCUT2D eigenvalue weighted by atomic mass is 9.98. The zero-order valence-electron chi connectivity index (χ0n) is 11.4. The summed E-state index contributed by atoms with van der Waals surface area (Å²) in [7, 11) is 0. The number of hydrogen-bond acceptors (Lipinski definition) is 2. The molecule has 0 aliphatic rings. The Kier molecular flexibility index (Phi) is 6.06. The monoisotopic (exact) mass is 234 g/mol. The van der Waals surface area contributed by atoms with Gasteiger partial charge in [0.25, 0.3) is 0 Å². The van der Waals surface area contributed by atoms with Crippen LogP contribution in [0.25, 0.3) is 0 Å². The molecule has 17 heavy (non-hydrogen) atoms. The summed E-state index contributed by atoms with van der Waals surface area (Å²) < 4.78 is 0. The van der Waals surface area contributed by atoms with Gasteiger partial charge in [0.15, 0.2) is 0 Å². The summed E-state index contributed by atoms with van der Waals surface area (Å²) in [5.41, 5.74) is 8.17. The summed E-state index contributed by atoms with van der Waals surface area (Å²) in [6, 6.07) is 8.81. The van der Waals surface area contributed by atoms with E-state index in [1.807, 2.05) is 0 Å². The largest absolute Gasteiger partial charge is 0.385 e. The molecule has 0 amide bonds. The minimum absolute atomic E-state index is 0.634. The Morgan fingerprint density at radius 3 is 2.35 bits per heavy atom. The molecule has 0 saturated carbocycles. The minimum Gasteiger partial charge on any atom is -0.385 e. The zero-order valence-corrected chi connectivity index (χ0v) is 11.4. The minimum atomic E-state index is 0.634. The Bertz CT molecular complexity index is 305. The Balaban J connectivity index is 2.45. The average Bonchev–Trinajstić information content (AvgIpc) is 2.36. The van der Waals surface area contributed by atoms with Crippen molar-refractivity contribution in [3.63, 3.8) is 0 Å². The van der Waals surface area contributed by atoms with E-state index in [2.05, 4.69) is 50.4 Å². The van der Waals surface area contributed by atoms with Crippen LogP contribution in [0.15, 0.2) is 24.3 Å². The normalized spacial score (nSPS) is 14.4. The lowest BCUT2D eigenvalue weighted by Crippen LogP contribution is -2.15. The molecule has 0 aliphatic heterocycles. The van der Waals surface area contributed by atoms with E-state index in [0.717, 1.165) is 19.5 Å². The number of rotatable bonds is 7. The van der Waals surface area contributed by atoms with Gasteiger partial charge in [0, 0.05) is 12.2 Å². The fourth-order valence-electron chi connectivity index (χ4n) is 1.84. The van der Waals surface area contributed by atoms with Gasteiger partial charge < -0.3 is 11.1 Å². The molecule has 1 aromatic carbocycles. The van der Waals surface area contributed by atoms with Crippen molar-refractivity contribution in [1.29, 1.82) is 0 Å². The smallest absolute Gasteiger partial charge is 0.0340 e. The van der Waals surface area contributed by atoms with Gasteiger partial charge in [0.2, 0.25) is 0 Å². The van der Waals surface area contributed by atoms with E-state index in [1.54, 1.807) is 0 Å². The van der Waals surface area contributed by atoms with Gasteiger partial charge in [-0.15, -0.1) is 0 Å². The van der Waals surface area contributed by atoms with Crippen LogP contribution >= 0.6 is 0 Å². The van der Waals surface area contributed by atoms with Gasteiger partial charge >= 0.3 is 0 Å². The Labute approximate surface area is 106 Å². The molecular weight excluding hydrogens is 208 g/mol. The molecule has 0 saturated heterocycles.